The molecule has 1 aromatic heterocycles. The number of anilines is 4. The highest BCUT2D eigenvalue weighted by Crippen LogP contribution is 2.23. The number of rotatable bonds is 5. The topological polar surface area (TPSA) is 76.1 Å². The van der Waals surface area contributed by atoms with Crippen LogP contribution in [0.5, 0.6) is 0 Å². The van der Waals surface area contributed by atoms with E-state index in [4.69, 9.17) is 0 Å². The Balaban J connectivity index is 1.80. The molecular formula is C18H13F3N4O2. The van der Waals surface area contributed by atoms with Gasteiger partial charge in [-0.25, -0.2) is 22.9 Å². The lowest BCUT2D eigenvalue weighted by Gasteiger charge is -2.10. The summed E-state index contributed by atoms with van der Waals surface area (Å²) in [7, 11) is 1.28. The minimum Gasteiger partial charge on any atom is -0.465 e. The normalized spacial score (nSPS) is 10.4. The number of methoxy groups -OCH3 is 1. The predicted octanol–water partition coefficient (Wildman–Crippen LogP) is 4.17. The van der Waals surface area contributed by atoms with Crippen molar-refractivity contribution in [2.75, 3.05) is 17.7 Å². The summed E-state index contributed by atoms with van der Waals surface area (Å²) in [5, 5.41) is 5.45. The molecule has 0 aliphatic carbocycles. The van der Waals surface area contributed by atoms with Gasteiger partial charge in [-0.05, 0) is 36.4 Å². The van der Waals surface area contributed by atoms with E-state index < -0.39 is 23.4 Å². The maximum atomic E-state index is 13.8. The monoisotopic (exact) mass is 374 g/mol. The fourth-order valence-electron chi connectivity index (χ4n) is 2.22. The Labute approximate surface area is 152 Å². The number of carbonyl (C=O) groups excluding carboxylic acids is 1. The Hall–Kier alpha value is -3.62. The Morgan fingerprint density at radius 1 is 1.04 bits per heavy atom. The van der Waals surface area contributed by atoms with Crippen molar-refractivity contribution in [1.29, 1.82) is 0 Å². The van der Waals surface area contributed by atoms with Crippen molar-refractivity contribution < 1.29 is 22.7 Å². The van der Waals surface area contributed by atoms with E-state index in [9.17, 15) is 18.0 Å². The van der Waals surface area contributed by atoms with Gasteiger partial charge in [-0.2, -0.15) is 4.98 Å². The van der Waals surface area contributed by atoms with Crippen molar-refractivity contribution in [2.45, 2.75) is 0 Å². The van der Waals surface area contributed by atoms with Gasteiger partial charge >= 0.3 is 5.97 Å². The van der Waals surface area contributed by atoms with E-state index >= 15 is 0 Å². The summed E-state index contributed by atoms with van der Waals surface area (Å²) in [5.74, 6) is -4.44. The minimum absolute atomic E-state index is 0.0333. The maximum absolute atomic E-state index is 13.8. The Morgan fingerprint density at radius 2 is 1.85 bits per heavy atom. The number of ether oxygens (including phenoxy) is 1. The van der Waals surface area contributed by atoms with Crippen LogP contribution in [-0.4, -0.2) is 23.0 Å². The van der Waals surface area contributed by atoms with Crippen LogP contribution in [0.25, 0.3) is 0 Å². The maximum Gasteiger partial charge on any atom is 0.337 e. The van der Waals surface area contributed by atoms with Crippen LogP contribution in [0.15, 0.2) is 48.7 Å². The second kappa shape index (κ2) is 7.73. The molecule has 3 rings (SSSR count). The lowest BCUT2D eigenvalue weighted by molar-refractivity contribution is 0.0601. The standard InChI is InChI=1S/C18H13F3N4O2/c1-27-17(26)10-3-2-4-11(9-10)23-14-7-8-22-18(25-14)24-13-6-5-12(19)15(20)16(13)21/h2-9H,1H3,(H2,22,23,24,25). The van der Waals surface area contributed by atoms with Gasteiger partial charge in [0.25, 0.3) is 0 Å². The van der Waals surface area contributed by atoms with E-state index in [1.54, 1.807) is 24.3 Å². The van der Waals surface area contributed by atoms with Crippen molar-refractivity contribution in [3.63, 3.8) is 0 Å². The van der Waals surface area contributed by atoms with E-state index in [0.717, 1.165) is 12.1 Å². The van der Waals surface area contributed by atoms with Crippen LogP contribution in [0.3, 0.4) is 0 Å². The Morgan fingerprint density at radius 3 is 2.63 bits per heavy atom. The molecule has 27 heavy (non-hydrogen) atoms. The van der Waals surface area contributed by atoms with Gasteiger partial charge in [0.1, 0.15) is 5.82 Å². The number of nitrogens with zero attached hydrogens (tertiary/aromatic N) is 2. The first-order chi connectivity index (χ1) is 13.0. The second-order valence-electron chi connectivity index (χ2n) is 5.31. The molecule has 9 heteroatoms. The Kier molecular flexibility index (Phi) is 5.20. The molecule has 0 aliphatic rings. The van der Waals surface area contributed by atoms with E-state index in [2.05, 4.69) is 25.3 Å². The SMILES string of the molecule is COC(=O)c1cccc(Nc2ccnc(Nc3ccc(F)c(F)c3F)n2)c1. The van der Waals surface area contributed by atoms with Gasteiger partial charge in [0.2, 0.25) is 5.95 Å². The van der Waals surface area contributed by atoms with Crippen molar-refractivity contribution in [3.05, 3.63) is 71.7 Å². The number of benzene rings is 2. The fourth-order valence-corrected chi connectivity index (χ4v) is 2.22. The van der Waals surface area contributed by atoms with Gasteiger partial charge in [0, 0.05) is 11.9 Å². The number of halogens is 3. The minimum atomic E-state index is -1.59. The molecule has 3 aromatic rings. The van der Waals surface area contributed by atoms with Crippen LogP contribution in [0.4, 0.5) is 36.3 Å². The van der Waals surface area contributed by atoms with Gasteiger partial charge in [0.15, 0.2) is 17.5 Å². The molecule has 0 saturated carbocycles. The molecule has 0 bridgehead atoms. The molecule has 2 aromatic carbocycles. The smallest absolute Gasteiger partial charge is 0.337 e. The van der Waals surface area contributed by atoms with E-state index in [1.165, 1.54) is 19.4 Å². The summed E-state index contributed by atoms with van der Waals surface area (Å²) in [6.45, 7) is 0. The summed E-state index contributed by atoms with van der Waals surface area (Å²) < 4.78 is 44.7. The number of hydrogen-bond donors (Lipinski definition) is 2. The average Bonchev–Trinajstić information content (AvgIpc) is 2.68. The molecule has 138 valence electrons. The number of hydrogen-bond acceptors (Lipinski definition) is 6. The average molecular weight is 374 g/mol. The van der Waals surface area contributed by atoms with E-state index in [1.807, 2.05) is 0 Å². The zero-order valence-corrected chi connectivity index (χ0v) is 14.0. The predicted molar refractivity (Wildman–Crippen MR) is 92.7 cm³/mol. The zero-order valence-electron chi connectivity index (χ0n) is 14.0. The third kappa shape index (κ3) is 4.14. The fraction of sp³-hybridized carbons (Fsp3) is 0.0556. The summed E-state index contributed by atoms with van der Waals surface area (Å²) in [4.78, 5) is 19.6. The molecule has 0 unspecified atom stereocenters. The number of nitrogens with one attached hydrogen (secondary N) is 2. The van der Waals surface area contributed by atoms with E-state index in [-0.39, 0.29) is 11.6 Å². The molecule has 0 amide bonds. The molecule has 0 radical (unpaired) electrons. The molecule has 0 atom stereocenters. The molecule has 0 fully saturated rings. The second-order valence-corrected chi connectivity index (χ2v) is 5.31. The Bertz CT molecular complexity index is 998. The van der Waals surface area contributed by atoms with Crippen LogP contribution in [0.1, 0.15) is 10.4 Å². The first kappa shape index (κ1) is 18.2. The van der Waals surface area contributed by atoms with E-state index in [0.29, 0.717) is 17.1 Å². The first-order valence-electron chi connectivity index (χ1n) is 7.67. The van der Waals surface area contributed by atoms with Gasteiger partial charge < -0.3 is 15.4 Å². The molecule has 6 nitrogen and oxygen atoms in total. The van der Waals surface area contributed by atoms with Crippen molar-refractivity contribution in [2.24, 2.45) is 0 Å². The molecule has 1 heterocycles. The van der Waals surface area contributed by atoms with Crippen LogP contribution < -0.4 is 10.6 Å². The van der Waals surface area contributed by atoms with Gasteiger partial charge in [-0.1, -0.05) is 6.07 Å². The summed E-state index contributed by atoms with van der Waals surface area (Å²) in [6, 6.07) is 9.89. The largest absolute Gasteiger partial charge is 0.465 e. The van der Waals surface area contributed by atoms with Crippen molar-refractivity contribution >= 4 is 29.1 Å². The summed E-state index contributed by atoms with van der Waals surface area (Å²) in [5.41, 5.74) is 0.596. The molecule has 2 N–H and O–H groups in total. The third-order valence-corrected chi connectivity index (χ3v) is 3.49. The summed E-state index contributed by atoms with van der Waals surface area (Å²) >= 11 is 0. The summed E-state index contributed by atoms with van der Waals surface area (Å²) in [6.07, 6.45) is 1.39. The first-order valence-corrected chi connectivity index (χ1v) is 7.67. The molecule has 0 aliphatic heterocycles. The molecular weight excluding hydrogens is 361 g/mol. The van der Waals surface area contributed by atoms with Crippen molar-refractivity contribution in [3.8, 4) is 0 Å². The van der Waals surface area contributed by atoms with Crippen LogP contribution in [-0.2, 0) is 4.74 Å². The lowest BCUT2D eigenvalue weighted by Crippen LogP contribution is -2.04. The van der Waals surface area contributed by atoms with Gasteiger partial charge in [-0.15, -0.1) is 0 Å². The van der Waals surface area contributed by atoms with Crippen molar-refractivity contribution in [1.82, 2.24) is 9.97 Å². The number of esters is 1. The molecule has 0 saturated heterocycles. The quantitative estimate of drug-likeness (QED) is 0.516. The van der Waals surface area contributed by atoms with Crippen LogP contribution >= 0.6 is 0 Å². The van der Waals surface area contributed by atoms with Crippen LogP contribution in [0, 0.1) is 17.5 Å². The van der Waals surface area contributed by atoms with Gasteiger partial charge in [0.05, 0.1) is 18.4 Å². The number of carbonyl (C=O) groups is 1. The van der Waals surface area contributed by atoms with Crippen LogP contribution in [0.2, 0.25) is 0 Å². The lowest BCUT2D eigenvalue weighted by atomic mass is 10.2. The zero-order chi connectivity index (χ0) is 19.4. The molecule has 0 spiro atoms. The highest BCUT2D eigenvalue weighted by atomic mass is 19.2. The highest BCUT2D eigenvalue weighted by Gasteiger charge is 2.14. The third-order valence-electron chi connectivity index (χ3n) is 3.49. The number of aromatic nitrogens is 2. The highest BCUT2D eigenvalue weighted by molar-refractivity contribution is 5.90. The van der Waals surface area contributed by atoms with Gasteiger partial charge in [-0.3, -0.25) is 0 Å².